The molecule has 0 atom stereocenters. The van der Waals surface area contributed by atoms with E-state index in [1.165, 1.54) is 16.9 Å². The fourth-order valence-electron chi connectivity index (χ4n) is 2.92. The molecule has 0 bridgehead atoms. The maximum Gasteiger partial charge on any atom is 0.277 e. The fourth-order valence-corrected chi connectivity index (χ4v) is 2.92. The second-order valence-electron chi connectivity index (χ2n) is 6.42. The van der Waals surface area contributed by atoms with Crippen molar-refractivity contribution in [3.05, 3.63) is 64.1 Å². The van der Waals surface area contributed by atoms with Crippen LogP contribution in [0.25, 0.3) is 17.2 Å². The second-order valence-corrected chi connectivity index (χ2v) is 6.42. The molecule has 4 aromatic heterocycles. The highest BCUT2D eigenvalue weighted by Crippen LogP contribution is 2.13. The van der Waals surface area contributed by atoms with Crippen molar-refractivity contribution in [2.24, 2.45) is 0 Å². The molecule has 0 aromatic carbocycles. The fraction of sp³-hybridized carbons (Fsp3) is 0.211. The summed E-state index contributed by atoms with van der Waals surface area (Å²) in [5.74, 6) is 0.351. The number of hydrogen-bond acceptors (Lipinski definition) is 7. The van der Waals surface area contributed by atoms with E-state index in [1.807, 2.05) is 6.92 Å². The molecular weight excluding hydrogens is 372 g/mol. The van der Waals surface area contributed by atoms with Gasteiger partial charge in [0.2, 0.25) is 5.95 Å². The maximum absolute atomic E-state index is 12.6. The van der Waals surface area contributed by atoms with E-state index in [0.717, 1.165) is 12.0 Å². The normalized spacial score (nSPS) is 11.0. The van der Waals surface area contributed by atoms with E-state index < -0.39 is 5.91 Å². The molecule has 0 radical (unpaired) electrons. The second kappa shape index (κ2) is 7.58. The van der Waals surface area contributed by atoms with Gasteiger partial charge in [-0.15, -0.1) is 0 Å². The lowest BCUT2D eigenvalue weighted by Crippen LogP contribution is -2.22. The maximum atomic E-state index is 12.6. The molecule has 1 amide bonds. The third-order valence-electron chi connectivity index (χ3n) is 4.38. The predicted octanol–water partition coefficient (Wildman–Crippen LogP) is 1.78. The van der Waals surface area contributed by atoms with Crippen LogP contribution in [0.2, 0.25) is 0 Å². The van der Waals surface area contributed by atoms with Gasteiger partial charge in [0.05, 0.1) is 11.3 Å². The minimum absolute atomic E-state index is 0.117. The lowest BCUT2D eigenvalue weighted by atomic mass is 10.1. The van der Waals surface area contributed by atoms with Crippen LogP contribution in [0.5, 0.6) is 0 Å². The van der Waals surface area contributed by atoms with E-state index >= 15 is 0 Å². The van der Waals surface area contributed by atoms with Gasteiger partial charge in [0, 0.05) is 35.9 Å². The smallest absolute Gasteiger partial charge is 0.277 e. The quantitative estimate of drug-likeness (QED) is 0.531. The summed E-state index contributed by atoms with van der Waals surface area (Å²) >= 11 is 0. The zero-order valence-corrected chi connectivity index (χ0v) is 15.9. The molecule has 0 spiro atoms. The van der Waals surface area contributed by atoms with Gasteiger partial charge in [-0.25, -0.2) is 15.0 Å². The Morgan fingerprint density at radius 1 is 1.17 bits per heavy atom. The Kier molecular flexibility index (Phi) is 4.82. The number of anilines is 1. The van der Waals surface area contributed by atoms with Crippen molar-refractivity contribution in [2.75, 3.05) is 5.32 Å². The summed E-state index contributed by atoms with van der Waals surface area (Å²) in [7, 11) is 0. The first-order valence-electron chi connectivity index (χ1n) is 9.09. The lowest BCUT2D eigenvalue weighted by molar-refractivity contribution is 0.102. The first-order chi connectivity index (χ1) is 14.1. The number of aromatic nitrogens is 7. The summed E-state index contributed by atoms with van der Waals surface area (Å²) in [6, 6.07) is 3.56. The van der Waals surface area contributed by atoms with Crippen molar-refractivity contribution >= 4 is 17.6 Å². The number of aryl methyl sites for hydroxylation is 1. The summed E-state index contributed by atoms with van der Waals surface area (Å²) < 4.78 is 1.23. The molecule has 4 rings (SSSR count). The number of amides is 1. The predicted molar refractivity (Wildman–Crippen MR) is 106 cm³/mol. The Hall–Kier alpha value is -3.95. The standard InChI is InChI=1S/C19H18N8O2/c1-3-4-14-11(2)23-19-25-18(26-27(19)17(14)29)24-16(28)13-9-21-15(22-10-13)12-5-7-20-8-6-12/h5-10H,3-4H2,1-2H3,(H2,23,24,25,26,28). The first kappa shape index (κ1) is 18.4. The summed E-state index contributed by atoms with van der Waals surface area (Å²) in [4.78, 5) is 46.0. The molecule has 0 saturated heterocycles. The number of carbonyl (C=O) groups excluding carboxylic acids is 1. The number of hydrogen-bond donors (Lipinski definition) is 2. The lowest BCUT2D eigenvalue weighted by Gasteiger charge is -2.03. The van der Waals surface area contributed by atoms with Gasteiger partial charge in [0.25, 0.3) is 17.2 Å². The van der Waals surface area contributed by atoms with Gasteiger partial charge >= 0.3 is 0 Å². The van der Waals surface area contributed by atoms with E-state index in [4.69, 9.17) is 0 Å². The van der Waals surface area contributed by atoms with Crippen LogP contribution in [0.15, 0.2) is 41.7 Å². The van der Waals surface area contributed by atoms with Crippen molar-refractivity contribution < 1.29 is 4.79 Å². The molecular formula is C19H18N8O2. The van der Waals surface area contributed by atoms with E-state index in [1.54, 1.807) is 31.5 Å². The molecule has 10 heteroatoms. The molecule has 0 aliphatic carbocycles. The van der Waals surface area contributed by atoms with Crippen LogP contribution in [0.4, 0.5) is 5.95 Å². The molecule has 0 fully saturated rings. The summed E-state index contributed by atoms with van der Waals surface area (Å²) in [6.45, 7) is 3.77. The minimum atomic E-state index is -0.455. The van der Waals surface area contributed by atoms with Crippen LogP contribution in [-0.2, 0) is 6.42 Å². The van der Waals surface area contributed by atoms with Gasteiger partial charge < -0.3 is 0 Å². The number of nitrogens with zero attached hydrogens (tertiary/aromatic N) is 6. The zero-order chi connectivity index (χ0) is 20.4. The van der Waals surface area contributed by atoms with Crippen molar-refractivity contribution in [1.29, 1.82) is 0 Å². The molecule has 0 aliphatic rings. The van der Waals surface area contributed by atoms with Crippen LogP contribution >= 0.6 is 0 Å². The van der Waals surface area contributed by atoms with Crippen LogP contribution in [0, 0.1) is 6.92 Å². The zero-order valence-electron chi connectivity index (χ0n) is 15.9. The Labute approximate surface area is 165 Å². The van der Waals surface area contributed by atoms with Crippen molar-refractivity contribution in [1.82, 2.24) is 34.5 Å². The van der Waals surface area contributed by atoms with Crippen molar-refractivity contribution in [2.45, 2.75) is 26.7 Å². The molecule has 4 aromatic rings. The highest BCUT2D eigenvalue weighted by atomic mass is 16.2. The Balaban J connectivity index is 1.57. The molecule has 146 valence electrons. The largest absolute Gasteiger partial charge is 0.291 e. The number of pyridine rings is 1. The molecule has 29 heavy (non-hydrogen) atoms. The van der Waals surface area contributed by atoms with Crippen LogP contribution in [-0.4, -0.2) is 40.4 Å². The Morgan fingerprint density at radius 2 is 1.90 bits per heavy atom. The Morgan fingerprint density at radius 3 is 2.59 bits per heavy atom. The average molecular weight is 390 g/mol. The number of H-pyrrole nitrogens is 1. The van der Waals surface area contributed by atoms with E-state index in [9.17, 15) is 9.59 Å². The van der Waals surface area contributed by atoms with E-state index in [2.05, 4.69) is 35.3 Å². The number of rotatable bonds is 5. The summed E-state index contributed by atoms with van der Waals surface area (Å²) in [5, 5.41) is 5.39. The highest BCUT2D eigenvalue weighted by molar-refractivity contribution is 6.03. The topological polar surface area (TPSA) is 131 Å². The van der Waals surface area contributed by atoms with Crippen molar-refractivity contribution in [3.8, 4) is 11.4 Å². The van der Waals surface area contributed by atoms with E-state index in [-0.39, 0.29) is 22.8 Å². The monoisotopic (exact) mass is 390 g/mol. The summed E-state index contributed by atoms with van der Waals surface area (Å²) in [5.41, 5.74) is 2.11. The van der Waals surface area contributed by atoms with Gasteiger partial charge in [0.15, 0.2) is 5.82 Å². The number of aromatic amines is 1. The SMILES string of the molecule is CCCc1c(C)nc2nc(NC(=O)c3cnc(-c4ccncc4)nc3)[nH]n2c1=O. The molecule has 4 heterocycles. The average Bonchev–Trinajstić information content (AvgIpc) is 3.14. The van der Waals surface area contributed by atoms with Crippen LogP contribution in [0.1, 0.15) is 35.0 Å². The van der Waals surface area contributed by atoms with Gasteiger partial charge in [0.1, 0.15) is 0 Å². The summed E-state index contributed by atoms with van der Waals surface area (Å²) in [6.07, 6.45) is 7.60. The van der Waals surface area contributed by atoms with E-state index in [0.29, 0.717) is 23.5 Å². The number of nitrogens with one attached hydrogen (secondary N) is 2. The highest BCUT2D eigenvalue weighted by Gasteiger charge is 2.15. The third kappa shape index (κ3) is 3.59. The van der Waals surface area contributed by atoms with Crippen LogP contribution < -0.4 is 10.9 Å². The third-order valence-corrected chi connectivity index (χ3v) is 4.38. The Bertz CT molecular complexity index is 1230. The molecule has 0 unspecified atom stereocenters. The molecule has 0 saturated carbocycles. The van der Waals surface area contributed by atoms with Gasteiger partial charge in [-0.3, -0.25) is 25.0 Å². The minimum Gasteiger partial charge on any atom is -0.291 e. The van der Waals surface area contributed by atoms with Gasteiger partial charge in [-0.05, 0) is 25.5 Å². The number of fused-ring (bicyclic) bond motifs is 1. The van der Waals surface area contributed by atoms with Crippen molar-refractivity contribution in [3.63, 3.8) is 0 Å². The molecule has 2 N–H and O–H groups in total. The number of carbonyl (C=O) groups is 1. The van der Waals surface area contributed by atoms with Crippen LogP contribution in [0.3, 0.4) is 0 Å². The molecule has 10 nitrogen and oxygen atoms in total. The first-order valence-corrected chi connectivity index (χ1v) is 9.09. The van der Waals surface area contributed by atoms with Gasteiger partial charge in [-0.1, -0.05) is 13.3 Å². The molecule has 0 aliphatic heterocycles. The van der Waals surface area contributed by atoms with Gasteiger partial charge in [-0.2, -0.15) is 9.50 Å².